The molecule has 0 spiro atoms. The number of nitrogens with zero attached hydrogens (tertiary/aromatic N) is 4. The predicted octanol–water partition coefficient (Wildman–Crippen LogP) is 3.73. The molecule has 6 nitrogen and oxygen atoms in total. The zero-order valence-electron chi connectivity index (χ0n) is 14.7. The molecule has 0 saturated carbocycles. The zero-order chi connectivity index (χ0) is 18.6. The molecule has 1 saturated heterocycles. The van der Waals surface area contributed by atoms with Crippen LogP contribution in [0.1, 0.15) is 30.1 Å². The zero-order valence-corrected chi connectivity index (χ0v) is 15.5. The van der Waals surface area contributed by atoms with Crippen LogP contribution < -0.4 is 0 Å². The summed E-state index contributed by atoms with van der Waals surface area (Å²) in [5.41, 5.74) is 1.54. The highest BCUT2D eigenvalue weighted by atomic mass is 35.5. The van der Waals surface area contributed by atoms with E-state index in [1.807, 2.05) is 47.4 Å². The van der Waals surface area contributed by atoms with Crippen LogP contribution in [0.25, 0.3) is 11.6 Å². The Hall–Kier alpha value is -2.73. The normalized spacial score (nSPS) is 15.1. The number of hydrogen-bond donors (Lipinski definition) is 0. The summed E-state index contributed by atoms with van der Waals surface area (Å²) >= 11 is 6.16. The largest absolute Gasteiger partial charge is 0.342 e. The highest BCUT2D eigenvalue weighted by molar-refractivity contribution is 6.31. The molecule has 1 aliphatic rings. The minimum atomic E-state index is 0.101. The van der Waals surface area contributed by atoms with Crippen molar-refractivity contribution >= 4 is 17.5 Å². The first-order valence-electron chi connectivity index (χ1n) is 8.97. The third-order valence-corrected chi connectivity index (χ3v) is 5.21. The average Bonchev–Trinajstić information content (AvgIpc) is 3.21. The number of rotatable bonds is 4. The molecule has 138 valence electrons. The third-order valence-electron chi connectivity index (χ3n) is 4.84. The van der Waals surface area contributed by atoms with Gasteiger partial charge >= 0.3 is 0 Å². The molecule has 0 bridgehead atoms. The fourth-order valence-electron chi connectivity index (χ4n) is 3.30. The number of hydrogen-bond acceptors (Lipinski definition) is 5. The molecule has 0 radical (unpaired) electrons. The summed E-state index contributed by atoms with van der Waals surface area (Å²) in [7, 11) is 0. The summed E-state index contributed by atoms with van der Waals surface area (Å²) in [5, 5.41) is 4.75. The number of benzene rings is 1. The molecule has 1 amide bonds. The summed E-state index contributed by atoms with van der Waals surface area (Å²) < 4.78 is 5.35. The molecule has 2 aromatic heterocycles. The summed E-state index contributed by atoms with van der Waals surface area (Å²) in [4.78, 5) is 23.2. The molecule has 1 aliphatic heterocycles. The Morgan fingerprint density at radius 3 is 2.67 bits per heavy atom. The van der Waals surface area contributed by atoms with E-state index in [1.165, 1.54) is 0 Å². The van der Waals surface area contributed by atoms with E-state index < -0.39 is 0 Å². The van der Waals surface area contributed by atoms with Gasteiger partial charge in [0, 0.05) is 30.2 Å². The van der Waals surface area contributed by atoms with Crippen molar-refractivity contribution in [3.8, 4) is 11.6 Å². The maximum Gasteiger partial charge on any atom is 0.276 e. The first-order chi connectivity index (χ1) is 13.2. The molecule has 1 aromatic carbocycles. The number of pyridine rings is 1. The van der Waals surface area contributed by atoms with Crippen LogP contribution in [0.4, 0.5) is 0 Å². The molecule has 0 N–H and O–H groups in total. The number of aromatic nitrogens is 3. The molecule has 27 heavy (non-hydrogen) atoms. The van der Waals surface area contributed by atoms with E-state index in [0.29, 0.717) is 41.9 Å². The lowest BCUT2D eigenvalue weighted by Crippen LogP contribution is -2.39. The maximum absolute atomic E-state index is 12.6. The average molecular weight is 383 g/mol. The van der Waals surface area contributed by atoms with Crippen LogP contribution in [0.15, 0.2) is 53.2 Å². The Bertz CT molecular complexity index is 920. The fraction of sp³-hybridized carbons (Fsp3) is 0.300. The van der Waals surface area contributed by atoms with E-state index in [9.17, 15) is 4.79 Å². The standard InChI is InChI=1S/C20H19ClN4O2/c21-16-6-2-1-5-15(16)13-18(26)25-11-8-14(9-12-25)19-23-20(27-24-19)17-7-3-4-10-22-17/h1-7,10,14H,8-9,11-13H2. The Morgan fingerprint density at radius 1 is 1.15 bits per heavy atom. The van der Waals surface area contributed by atoms with Crippen LogP contribution >= 0.6 is 11.6 Å². The van der Waals surface area contributed by atoms with E-state index in [2.05, 4.69) is 15.1 Å². The minimum absolute atomic E-state index is 0.101. The summed E-state index contributed by atoms with van der Waals surface area (Å²) in [6, 6.07) is 13.0. The van der Waals surface area contributed by atoms with Gasteiger partial charge in [-0.05, 0) is 36.6 Å². The van der Waals surface area contributed by atoms with Crippen molar-refractivity contribution in [1.29, 1.82) is 0 Å². The Kier molecular flexibility index (Phi) is 5.16. The smallest absolute Gasteiger partial charge is 0.276 e. The molecular formula is C20H19ClN4O2. The summed E-state index contributed by atoms with van der Waals surface area (Å²) in [6.07, 6.45) is 3.66. The molecular weight excluding hydrogens is 364 g/mol. The lowest BCUT2D eigenvalue weighted by molar-refractivity contribution is -0.131. The van der Waals surface area contributed by atoms with Gasteiger partial charge in [0.05, 0.1) is 6.42 Å². The van der Waals surface area contributed by atoms with E-state index in [1.54, 1.807) is 6.20 Å². The van der Waals surface area contributed by atoms with Crippen molar-refractivity contribution < 1.29 is 9.32 Å². The first-order valence-corrected chi connectivity index (χ1v) is 9.34. The second-order valence-corrected chi connectivity index (χ2v) is 7.00. The van der Waals surface area contributed by atoms with Crippen LogP contribution in [0.5, 0.6) is 0 Å². The molecule has 3 aromatic rings. The number of halogens is 1. The van der Waals surface area contributed by atoms with E-state index >= 15 is 0 Å². The topological polar surface area (TPSA) is 72.1 Å². The molecule has 7 heteroatoms. The van der Waals surface area contributed by atoms with E-state index in [-0.39, 0.29) is 11.8 Å². The van der Waals surface area contributed by atoms with Gasteiger partial charge in [0.25, 0.3) is 5.89 Å². The van der Waals surface area contributed by atoms with Gasteiger partial charge in [-0.25, -0.2) is 0 Å². The van der Waals surface area contributed by atoms with Crippen LogP contribution in [0.2, 0.25) is 5.02 Å². The van der Waals surface area contributed by atoms with Crippen molar-refractivity contribution in [3.63, 3.8) is 0 Å². The van der Waals surface area contributed by atoms with Crippen molar-refractivity contribution in [2.75, 3.05) is 13.1 Å². The van der Waals surface area contributed by atoms with Gasteiger partial charge in [0.15, 0.2) is 5.82 Å². The fourth-order valence-corrected chi connectivity index (χ4v) is 3.50. The maximum atomic E-state index is 12.6. The van der Waals surface area contributed by atoms with Crippen LogP contribution in [0, 0.1) is 0 Å². The first kappa shape index (κ1) is 17.7. The molecule has 0 aliphatic carbocycles. The number of carbonyl (C=O) groups excluding carboxylic acids is 1. The Balaban J connectivity index is 1.36. The number of amides is 1. The second kappa shape index (κ2) is 7.88. The monoisotopic (exact) mass is 382 g/mol. The van der Waals surface area contributed by atoms with Crippen LogP contribution in [-0.2, 0) is 11.2 Å². The minimum Gasteiger partial charge on any atom is -0.342 e. The quantitative estimate of drug-likeness (QED) is 0.687. The summed E-state index contributed by atoms with van der Waals surface area (Å²) in [5.74, 6) is 1.41. The molecule has 0 unspecified atom stereocenters. The van der Waals surface area contributed by atoms with Crippen molar-refractivity contribution in [2.24, 2.45) is 0 Å². The third kappa shape index (κ3) is 4.01. The molecule has 1 fully saturated rings. The van der Waals surface area contributed by atoms with Gasteiger partial charge in [-0.3, -0.25) is 9.78 Å². The lowest BCUT2D eigenvalue weighted by Gasteiger charge is -2.30. The van der Waals surface area contributed by atoms with Crippen molar-refractivity contribution in [2.45, 2.75) is 25.2 Å². The highest BCUT2D eigenvalue weighted by Gasteiger charge is 2.27. The van der Waals surface area contributed by atoms with E-state index in [4.69, 9.17) is 16.1 Å². The van der Waals surface area contributed by atoms with Gasteiger partial charge in [0.1, 0.15) is 5.69 Å². The molecule has 0 atom stereocenters. The van der Waals surface area contributed by atoms with Gasteiger partial charge < -0.3 is 9.42 Å². The Labute approximate surface area is 162 Å². The molecule has 4 rings (SSSR count). The van der Waals surface area contributed by atoms with Gasteiger partial charge in [-0.15, -0.1) is 0 Å². The van der Waals surface area contributed by atoms with Crippen LogP contribution in [0.3, 0.4) is 0 Å². The lowest BCUT2D eigenvalue weighted by atomic mass is 9.95. The van der Waals surface area contributed by atoms with E-state index in [0.717, 1.165) is 18.4 Å². The highest BCUT2D eigenvalue weighted by Crippen LogP contribution is 2.28. The predicted molar refractivity (Wildman–Crippen MR) is 101 cm³/mol. The van der Waals surface area contributed by atoms with Gasteiger partial charge in [-0.2, -0.15) is 4.98 Å². The Morgan fingerprint density at radius 2 is 1.93 bits per heavy atom. The van der Waals surface area contributed by atoms with Crippen molar-refractivity contribution in [1.82, 2.24) is 20.0 Å². The van der Waals surface area contributed by atoms with Gasteiger partial charge in [-0.1, -0.05) is 41.0 Å². The van der Waals surface area contributed by atoms with Gasteiger partial charge in [0.2, 0.25) is 5.91 Å². The number of likely N-dealkylation sites (tertiary alicyclic amines) is 1. The number of piperidine rings is 1. The van der Waals surface area contributed by atoms with Crippen LogP contribution in [-0.4, -0.2) is 39.0 Å². The number of carbonyl (C=O) groups is 1. The SMILES string of the molecule is O=C(Cc1ccccc1Cl)N1CCC(c2noc(-c3ccccn3)n2)CC1. The molecule has 3 heterocycles. The van der Waals surface area contributed by atoms with Crippen molar-refractivity contribution in [3.05, 3.63) is 65.1 Å². The second-order valence-electron chi connectivity index (χ2n) is 6.60. The summed E-state index contributed by atoms with van der Waals surface area (Å²) in [6.45, 7) is 1.36.